The van der Waals surface area contributed by atoms with Crippen LogP contribution < -0.4 is 5.73 Å². The van der Waals surface area contributed by atoms with E-state index < -0.39 is 0 Å². The molecule has 22 heavy (non-hydrogen) atoms. The number of carbonyl (C=O) groups is 1. The van der Waals surface area contributed by atoms with Crippen molar-refractivity contribution in [3.05, 3.63) is 21.9 Å². The zero-order chi connectivity index (χ0) is 15.4. The lowest BCUT2D eigenvalue weighted by atomic mass is 9.94. The van der Waals surface area contributed by atoms with E-state index >= 15 is 0 Å². The van der Waals surface area contributed by atoms with E-state index in [0.29, 0.717) is 24.0 Å². The molecule has 0 radical (unpaired) electrons. The lowest BCUT2D eigenvalue weighted by Crippen LogP contribution is -2.40. The van der Waals surface area contributed by atoms with E-state index in [4.69, 9.17) is 5.73 Å². The minimum Gasteiger partial charge on any atom is -0.337 e. The van der Waals surface area contributed by atoms with Crippen LogP contribution in [0.5, 0.6) is 0 Å². The predicted octanol–water partition coefficient (Wildman–Crippen LogP) is 0.252. The highest BCUT2D eigenvalue weighted by molar-refractivity contribution is 7.09. The molecule has 3 heterocycles. The third-order valence-electron chi connectivity index (χ3n) is 3.80. The number of thiazole rings is 1. The van der Waals surface area contributed by atoms with E-state index in [-0.39, 0.29) is 5.91 Å². The first-order valence-corrected chi connectivity index (χ1v) is 8.30. The highest BCUT2D eigenvalue weighted by atomic mass is 32.1. The molecule has 9 heteroatoms. The second-order valence-electron chi connectivity index (χ2n) is 5.46. The van der Waals surface area contributed by atoms with Crippen molar-refractivity contribution >= 4 is 17.2 Å². The normalized spacial score (nSPS) is 18.6. The van der Waals surface area contributed by atoms with Crippen molar-refractivity contribution in [1.29, 1.82) is 0 Å². The van der Waals surface area contributed by atoms with Crippen molar-refractivity contribution in [1.82, 2.24) is 30.5 Å². The second-order valence-corrected chi connectivity index (χ2v) is 6.40. The molecule has 3 rings (SSSR count). The van der Waals surface area contributed by atoms with Crippen LogP contribution in [0, 0.1) is 5.92 Å². The first-order valence-electron chi connectivity index (χ1n) is 7.42. The van der Waals surface area contributed by atoms with Gasteiger partial charge in [0, 0.05) is 31.3 Å². The van der Waals surface area contributed by atoms with Crippen LogP contribution in [0.2, 0.25) is 0 Å². The summed E-state index contributed by atoms with van der Waals surface area (Å²) in [5.41, 5.74) is 6.06. The van der Waals surface area contributed by atoms with Crippen LogP contribution in [0.15, 0.2) is 5.38 Å². The van der Waals surface area contributed by atoms with Crippen molar-refractivity contribution in [3.63, 3.8) is 0 Å². The Morgan fingerprint density at radius 2 is 2.45 bits per heavy atom. The maximum absolute atomic E-state index is 12.6. The molecule has 1 fully saturated rings. The van der Waals surface area contributed by atoms with Crippen molar-refractivity contribution < 1.29 is 4.79 Å². The van der Waals surface area contributed by atoms with Gasteiger partial charge in [-0.25, -0.2) is 4.98 Å². The SMILES string of the molecule is NCCc1nc(C(=O)N2CCCC(Cc3nn[nH]n3)C2)cs1. The van der Waals surface area contributed by atoms with Gasteiger partial charge in [-0.05, 0) is 25.3 Å². The molecule has 118 valence electrons. The number of H-pyrrole nitrogens is 1. The van der Waals surface area contributed by atoms with Gasteiger partial charge in [-0.15, -0.1) is 21.5 Å². The van der Waals surface area contributed by atoms with E-state index in [1.54, 1.807) is 0 Å². The molecule has 1 amide bonds. The molecule has 2 aromatic rings. The number of tetrazole rings is 1. The summed E-state index contributed by atoms with van der Waals surface area (Å²) in [5.74, 6) is 1.09. The van der Waals surface area contributed by atoms with Gasteiger partial charge in [-0.3, -0.25) is 4.79 Å². The van der Waals surface area contributed by atoms with Crippen LogP contribution >= 0.6 is 11.3 Å². The number of carbonyl (C=O) groups excluding carboxylic acids is 1. The Kier molecular flexibility index (Phi) is 4.74. The van der Waals surface area contributed by atoms with Crippen molar-refractivity contribution in [2.75, 3.05) is 19.6 Å². The summed E-state index contributed by atoms with van der Waals surface area (Å²) in [5, 5.41) is 16.8. The van der Waals surface area contributed by atoms with E-state index in [9.17, 15) is 4.79 Å². The highest BCUT2D eigenvalue weighted by Gasteiger charge is 2.26. The quantitative estimate of drug-likeness (QED) is 0.816. The van der Waals surface area contributed by atoms with Gasteiger partial charge in [-0.1, -0.05) is 5.21 Å². The summed E-state index contributed by atoms with van der Waals surface area (Å²) in [6.45, 7) is 2.06. The molecule has 1 aliphatic heterocycles. The van der Waals surface area contributed by atoms with Gasteiger partial charge in [0.15, 0.2) is 5.82 Å². The number of piperidine rings is 1. The van der Waals surface area contributed by atoms with Crippen molar-refractivity contribution in [3.8, 4) is 0 Å². The van der Waals surface area contributed by atoms with Gasteiger partial charge < -0.3 is 10.6 Å². The van der Waals surface area contributed by atoms with Crippen molar-refractivity contribution in [2.24, 2.45) is 11.7 Å². The van der Waals surface area contributed by atoms with Gasteiger partial charge in [0.25, 0.3) is 5.91 Å². The van der Waals surface area contributed by atoms with Crippen LogP contribution in [0.25, 0.3) is 0 Å². The Labute approximate surface area is 132 Å². The van der Waals surface area contributed by atoms with E-state index in [2.05, 4.69) is 25.6 Å². The van der Waals surface area contributed by atoms with E-state index in [1.165, 1.54) is 11.3 Å². The molecular formula is C13H19N7OS. The predicted molar refractivity (Wildman–Crippen MR) is 81.4 cm³/mol. The number of aromatic nitrogens is 5. The maximum Gasteiger partial charge on any atom is 0.273 e. The number of nitrogens with one attached hydrogen (secondary N) is 1. The van der Waals surface area contributed by atoms with Crippen LogP contribution in [0.1, 0.15) is 34.2 Å². The summed E-state index contributed by atoms with van der Waals surface area (Å²) in [6.07, 6.45) is 3.54. The number of nitrogens with zero attached hydrogens (tertiary/aromatic N) is 5. The molecule has 8 nitrogen and oxygen atoms in total. The fraction of sp³-hybridized carbons (Fsp3) is 0.615. The molecular weight excluding hydrogens is 302 g/mol. The number of nitrogens with two attached hydrogens (primary N) is 1. The number of rotatable bonds is 5. The summed E-state index contributed by atoms with van der Waals surface area (Å²) < 4.78 is 0. The molecule has 0 bridgehead atoms. The van der Waals surface area contributed by atoms with E-state index in [0.717, 1.165) is 43.8 Å². The summed E-state index contributed by atoms with van der Waals surface area (Å²) in [6, 6.07) is 0. The second kappa shape index (κ2) is 6.93. The third-order valence-corrected chi connectivity index (χ3v) is 4.70. The smallest absolute Gasteiger partial charge is 0.273 e. The van der Waals surface area contributed by atoms with E-state index in [1.807, 2.05) is 10.3 Å². The average Bonchev–Trinajstić information content (AvgIpc) is 3.19. The minimum atomic E-state index is 0.0114. The fourth-order valence-corrected chi connectivity index (χ4v) is 3.54. The largest absolute Gasteiger partial charge is 0.337 e. The summed E-state index contributed by atoms with van der Waals surface area (Å²) in [4.78, 5) is 18.8. The number of likely N-dealkylation sites (tertiary alicyclic amines) is 1. The summed E-state index contributed by atoms with van der Waals surface area (Å²) >= 11 is 1.50. The molecule has 1 atom stereocenters. The summed E-state index contributed by atoms with van der Waals surface area (Å²) in [7, 11) is 0. The molecule has 2 aromatic heterocycles. The average molecular weight is 321 g/mol. The molecule has 0 spiro atoms. The van der Waals surface area contributed by atoms with Crippen LogP contribution in [-0.2, 0) is 12.8 Å². The monoisotopic (exact) mass is 321 g/mol. The Balaban J connectivity index is 1.61. The first-order chi connectivity index (χ1) is 10.8. The Bertz CT molecular complexity index is 612. The highest BCUT2D eigenvalue weighted by Crippen LogP contribution is 2.21. The van der Waals surface area contributed by atoms with Crippen LogP contribution in [-0.4, -0.2) is 56.0 Å². The molecule has 0 aliphatic carbocycles. The Hall–Kier alpha value is -1.87. The van der Waals surface area contributed by atoms with Gasteiger partial charge in [0.2, 0.25) is 0 Å². The standard InChI is InChI=1S/C13H19N7OS/c14-4-3-12-15-10(8-22-12)13(21)20-5-1-2-9(7-20)6-11-16-18-19-17-11/h8-9H,1-7,14H2,(H,16,17,18,19). The Morgan fingerprint density at radius 3 is 3.23 bits per heavy atom. The van der Waals surface area contributed by atoms with Gasteiger partial charge in [-0.2, -0.15) is 5.21 Å². The molecule has 0 aromatic carbocycles. The Morgan fingerprint density at radius 1 is 1.55 bits per heavy atom. The lowest BCUT2D eigenvalue weighted by molar-refractivity contribution is 0.0667. The molecule has 3 N–H and O–H groups in total. The molecule has 1 aliphatic rings. The number of amides is 1. The third kappa shape index (κ3) is 3.47. The van der Waals surface area contributed by atoms with Gasteiger partial charge >= 0.3 is 0 Å². The fourth-order valence-electron chi connectivity index (χ4n) is 2.75. The topological polar surface area (TPSA) is 114 Å². The zero-order valence-electron chi connectivity index (χ0n) is 12.2. The lowest BCUT2D eigenvalue weighted by Gasteiger charge is -2.31. The minimum absolute atomic E-state index is 0.0114. The number of aromatic amines is 1. The van der Waals surface area contributed by atoms with Gasteiger partial charge in [0.05, 0.1) is 5.01 Å². The van der Waals surface area contributed by atoms with Crippen LogP contribution in [0.3, 0.4) is 0 Å². The number of hydrogen-bond donors (Lipinski definition) is 2. The van der Waals surface area contributed by atoms with Crippen LogP contribution in [0.4, 0.5) is 0 Å². The molecule has 1 saturated heterocycles. The molecule has 0 saturated carbocycles. The maximum atomic E-state index is 12.6. The zero-order valence-corrected chi connectivity index (χ0v) is 13.1. The number of hydrogen-bond acceptors (Lipinski definition) is 7. The van der Waals surface area contributed by atoms with Gasteiger partial charge in [0.1, 0.15) is 5.69 Å². The first kappa shape index (κ1) is 15.0. The van der Waals surface area contributed by atoms with Crippen molar-refractivity contribution in [2.45, 2.75) is 25.7 Å². The molecule has 1 unspecified atom stereocenters.